The van der Waals surface area contributed by atoms with Crippen LogP contribution in [0.5, 0.6) is 0 Å². The fraction of sp³-hybridized carbons (Fsp3) is 0.381. The Morgan fingerprint density at radius 2 is 1.96 bits per heavy atom. The molecule has 0 unspecified atom stereocenters. The van der Waals surface area contributed by atoms with E-state index in [1.54, 1.807) is 0 Å². The molecule has 2 aliphatic rings. The number of anilines is 1. The molecule has 0 saturated carbocycles. The Labute approximate surface area is 165 Å². The van der Waals surface area contributed by atoms with E-state index in [0.29, 0.717) is 31.8 Å². The minimum atomic E-state index is -3.40. The Balaban J connectivity index is 1.47. The van der Waals surface area contributed by atoms with Crippen molar-refractivity contribution in [3.63, 3.8) is 0 Å². The Kier molecular flexibility index (Phi) is 5.48. The van der Waals surface area contributed by atoms with Gasteiger partial charge in [0.1, 0.15) is 6.10 Å². The van der Waals surface area contributed by atoms with Crippen LogP contribution in [0.2, 0.25) is 0 Å². The zero-order valence-corrected chi connectivity index (χ0v) is 16.5. The molecule has 2 aromatic carbocycles. The fourth-order valence-electron chi connectivity index (χ4n) is 3.73. The predicted molar refractivity (Wildman–Crippen MR) is 107 cm³/mol. The van der Waals surface area contributed by atoms with Crippen molar-refractivity contribution >= 4 is 21.6 Å². The number of sulfonamides is 1. The average Bonchev–Trinajstić information content (AvgIpc) is 3.23. The molecule has 1 N–H and O–H groups in total. The zero-order valence-electron chi connectivity index (χ0n) is 15.6. The SMILES string of the molecule is O=C(Nc1ccc2c(c1)CN(S(=O)(=O)Cc1ccccc1)CC2)[C@H]1CCCO1. The third-order valence-electron chi connectivity index (χ3n) is 5.26. The third kappa shape index (κ3) is 4.27. The Hall–Kier alpha value is -2.22. The van der Waals surface area contributed by atoms with Crippen molar-refractivity contribution in [1.82, 2.24) is 4.31 Å². The van der Waals surface area contributed by atoms with Crippen molar-refractivity contribution in [1.29, 1.82) is 0 Å². The molecule has 0 spiro atoms. The molecule has 1 amide bonds. The number of rotatable bonds is 5. The molecule has 2 heterocycles. The number of nitrogens with one attached hydrogen (secondary N) is 1. The highest BCUT2D eigenvalue weighted by Crippen LogP contribution is 2.26. The second-order valence-corrected chi connectivity index (χ2v) is 9.27. The highest BCUT2D eigenvalue weighted by atomic mass is 32.2. The van der Waals surface area contributed by atoms with E-state index in [-0.39, 0.29) is 11.7 Å². The maximum atomic E-state index is 12.8. The van der Waals surface area contributed by atoms with Crippen molar-refractivity contribution in [3.05, 3.63) is 65.2 Å². The molecule has 28 heavy (non-hydrogen) atoms. The number of ether oxygens (including phenoxy) is 1. The monoisotopic (exact) mass is 400 g/mol. The van der Waals surface area contributed by atoms with Gasteiger partial charge in [0.2, 0.25) is 10.0 Å². The summed E-state index contributed by atoms with van der Waals surface area (Å²) in [6.45, 7) is 1.43. The number of carbonyl (C=O) groups excluding carboxylic acids is 1. The molecule has 0 aromatic heterocycles. The molecule has 148 valence electrons. The molecule has 1 saturated heterocycles. The maximum absolute atomic E-state index is 12.8. The van der Waals surface area contributed by atoms with Gasteiger partial charge in [-0.1, -0.05) is 36.4 Å². The summed E-state index contributed by atoms with van der Waals surface area (Å²) in [5.41, 5.74) is 3.53. The van der Waals surface area contributed by atoms with Crippen LogP contribution < -0.4 is 5.32 Å². The number of carbonyl (C=O) groups is 1. The van der Waals surface area contributed by atoms with Gasteiger partial charge in [0, 0.05) is 25.4 Å². The van der Waals surface area contributed by atoms with Gasteiger partial charge >= 0.3 is 0 Å². The minimum absolute atomic E-state index is 0.00137. The summed E-state index contributed by atoms with van der Waals surface area (Å²) >= 11 is 0. The second-order valence-electron chi connectivity index (χ2n) is 7.30. The number of hydrogen-bond acceptors (Lipinski definition) is 4. The van der Waals surface area contributed by atoms with E-state index in [1.165, 1.54) is 4.31 Å². The fourth-order valence-corrected chi connectivity index (χ4v) is 5.23. The van der Waals surface area contributed by atoms with Crippen LogP contribution in [0, 0.1) is 0 Å². The lowest BCUT2D eigenvalue weighted by Gasteiger charge is -2.28. The predicted octanol–water partition coefficient (Wildman–Crippen LogP) is 2.69. The van der Waals surface area contributed by atoms with Crippen molar-refractivity contribution < 1.29 is 17.9 Å². The van der Waals surface area contributed by atoms with Crippen molar-refractivity contribution in [2.24, 2.45) is 0 Å². The van der Waals surface area contributed by atoms with Crippen molar-refractivity contribution in [2.45, 2.75) is 37.7 Å². The van der Waals surface area contributed by atoms with E-state index >= 15 is 0 Å². The lowest BCUT2D eigenvalue weighted by Crippen LogP contribution is -2.36. The zero-order chi connectivity index (χ0) is 19.6. The van der Waals surface area contributed by atoms with Gasteiger partial charge in [-0.3, -0.25) is 4.79 Å². The highest BCUT2D eigenvalue weighted by Gasteiger charge is 2.28. The van der Waals surface area contributed by atoms with E-state index in [9.17, 15) is 13.2 Å². The standard InChI is InChI=1S/C21H24N2O4S/c24-21(20-7-4-12-27-20)22-19-9-8-17-10-11-23(14-18(17)13-19)28(25,26)15-16-5-2-1-3-6-16/h1-3,5-6,8-9,13,20H,4,7,10-12,14-15H2,(H,22,24)/t20-/m1/s1. The first-order valence-corrected chi connectivity index (χ1v) is 11.2. The smallest absolute Gasteiger partial charge is 0.253 e. The lowest BCUT2D eigenvalue weighted by atomic mass is 10.0. The van der Waals surface area contributed by atoms with Crippen LogP contribution in [-0.4, -0.2) is 37.9 Å². The van der Waals surface area contributed by atoms with Crippen LogP contribution in [-0.2, 0) is 38.3 Å². The van der Waals surface area contributed by atoms with Crippen LogP contribution in [0.4, 0.5) is 5.69 Å². The largest absolute Gasteiger partial charge is 0.368 e. The first kappa shape index (κ1) is 19.1. The van der Waals surface area contributed by atoms with Crippen molar-refractivity contribution in [2.75, 3.05) is 18.5 Å². The van der Waals surface area contributed by atoms with Crippen LogP contribution in [0.3, 0.4) is 0 Å². The van der Waals surface area contributed by atoms with Gasteiger partial charge in [-0.25, -0.2) is 8.42 Å². The van der Waals surface area contributed by atoms with Gasteiger partial charge < -0.3 is 10.1 Å². The van der Waals surface area contributed by atoms with Crippen LogP contribution >= 0.6 is 0 Å². The Morgan fingerprint density at radius 1 is 1.14 bits per heavy atom. The number of hydrogen-bond donors (Lipinski definition) is 1. The Morgan fingerprint density at radius 3 is 2.71 bits per heavy atom. The third-order valence-corrected chi connectivity index (χ3v) is 7.06. The molecule has 6 nitrogen and oxygen atoms in total. The molecule has 2 aliphatic heterocycles. The van der Waals surface area contributed by atoms with Gasteiger partial charge in [-0.05, 0) is 48.1 Å². The van der Waals surface area contributed by atoms with E-state index in [2.05, 4.69) is 5.32 Å². The molecule has 1 atom stereocenters. The van der Waals surface area contributed by atoms with E-state index in [4.69, 9.17) is 4.74 Å². The van der Waals surface area contributed by atoms with Crippen LogP contribution in [0.25, 0.3) is 0 Å². The first-order valence-electron chi connectivity index (χ1n) is 9.57. The van der Waals surface area contributed by atoms with Gasteiger partial charge in [0.15, 0.2) is 0 Å². The molecular formula is C21H24N2O4S. The van der Waals surface area contributed by atoms with Gasteiger partial charge in [-0.15, -0.1) is 0 Å². The molecular weight excluding hydrogens is 376 g/mol. The first-order chi connectivity index (χ1) is 13.5. The number of fused-ring (bicyclic) bond motifs is 1. The molecule has 0 radical (unpaired) electrons. The number of benzene rings is 2. The van der Waals surface area contributed by atoms with Gasteiger partial charge in [0.25, 0.3) is 5.91 Å². The molecule has 7 heteroatoms. The van der Waals surface area contributed by atoms with E-state index in [0.717, 1.165) is 29.5 Å². The van der Waals surface area contributed by atoms with Crippen LogP contribution in [0.1, 0.15) is 29.5 Å². The van der Waals surface area contributed by atoms with Gasteiger partial charge in [-0.2, -0.15) is 4.31 Å². The normalized spacial score (nSPS) is 19.9. The second kappa shape index (κ2) is 8.03. The molecule has 4 rings (SSSR count). The molecule has 1 fully saturated rings. The van der Waals surface area contributed by atoms with Crippen LogP contribution in [0.15, 0.2) is 48.5 Å². The van der Waals surface area contributed by atoms with E-state index in [1.807, 2.05) is 48.5 Å². The average molecular weight is 401 g/mol. The Bertz CT molecular complexity index is 954. The summed E-state index contributed by atoms with van der Waals surface area (Å²) in [5, 5.41) is 2.90. The topological polar surface area (TPSA) is 75.7 Å². The highest BCUT2D eigenvalue weighted by molar-refractivity contribution is 7.88. The summed E-state index contributed by atoms with van der Waals surface area (Å²) in [4.78, 5) is 12.3. The maximum Gasteiger partial charge on any atom is 0.253 e. The summed E-state index contributed by atoms with van der Waals surface area (Å²) in [5.74, 6) is -0.139. The molecule has 0 bridgehead atoms. The number of nitrogens with zero attached hydrogens (tertiary/aromatic N) is 1. The summed E-state index contributed by atoms with van der Waals surface area (Å²) in [6, 6.07) is 15.0. The summed E-state index contributed by atoms with van der Waals surface area (Å²) in [7, 11) is -3.40. The minimum Gasteiger partial charge on any atom is -0.368 e. The molecule has 2 aromatic rings. The summed E-state index contributed by atoms with van der Waals surface area (Å²) in [6.07, 6.45) is 1.92. The quantitative estimate of drug-likeness (QED) is 0.837. The van der Waals surface area contributed by atoms with Gasteiger partial charge in [0.05, 0.1) is 5.75 Å². The van der Waals surface area contributed by atoms with E-state index < -0.39 is 16.1 Å². The van der Waals surface area contributed by atoms with Crippen molar-refractivity contribution in [3.8, 4) is 0 Å². The molecule has 0 aliphatic carbocycles. The summed E-state index contributed by atoms with van der Waals surface area (Å²) < 4.78 is 32.6. The number of amides is 1. The lowest BCUT2D eigenvalue weighted by molar-refractivity contribution is -0.124.